The average Bonchev–Trinajstić information content (AvgIpc) is 3.19. The number of carbonyl (C=O) groups excluding carboxylic acids is 1. The van der Waals surface area contributed by atoms with Gasteiger partial charge in [-0.3, -0.25) is 9.59 Å². The molecule has 3 rings (SSSR count). The Balaban J connectivity index is 1.77. The van der Waals surface area contributed by atoms with Crippen LogP contribution in [0.5, 0.6) is 0 Å². The molecule has 25 heavy (non-hydrogen) atoms. The highest BCUT2D eigenvalue weighted by atomic mass is 32.1. The minimum Gasteiger partial charge on any atom is -0.333 e. The van der Waals surface area contributed by atoms with Gasteiger partial charge in [0.15, 0.2) is 0 Å². The van der Waals surface area contributed by atoms with Crippen molar-refractivity contribution in [2.45, 2.75) is 39.7 Å². The standard InChI is InChI=1S/C17H20N4O2S2/c1-4-5-6-13-18-10(2)14(25-13)17(23)21(3)9-12-19-11-7-8-24-15(11)16(22)20-12/h7-8H,4-6,9H2,1-3H3,(H,19,20,22). The van der Waals surface area contributed by atoms with E-state index in [1.165, 1.54) is 22.7 Å². The number of aryl methyl sites for hydroxylation is 2. The number of amides is 1. The van der Waals surface area contributed by atoms with Crippen LogP contribution in [0.3, 0.4) is 0 Å². The third kappa shape index (κ3) is 3.80. The molecule has 3 aromatic rings. The first-order valence-corrected chi connectivity index (χ1v) is 9.87. The quantitative estimate of drug-likeness (QED) is 0.715. The zero-order valence-corrected chi connectivity index (χ0v) is 16.1. The molecule has 0 spiro atoms. The number of aromatic amines is 1. The van der Waals surface area contributed by atoms with E-state index in [-0.39, 0.29) is 18.0 Å². The zero-order valence-electron chi connectivity index (χ0n) is 14.5. The summed E-state index contributed by atoms with van der Waals surface area (Å²) in [5.41, 5.74) is 1.27. The van der Waals surface area contributed by atoms with Crippen LogP contribution in [0.15, 0.2) is 16.2 Å². The average molecular weight is 377 g/mol. The van der Waals surface area contributed by atoms with Gasteiger partial charge in [-0.1, -0.05) is 13.3 Å². The summed E-state index contributed by atoms with van der Waals surface area (Å²) in [5, 5.41) is 2.84. The highest BCUT2D eigenvalue weighted by Gasteiger charge is 2.20. The molecule has 0 aliphatic rings. The van der Waals surface area contributed by atoms with E-state index in [4.69, 9.17) is 0 Å². The Morgan fingerprint density at radius 1 is 1.36 bits per heavy atom. The second-order valence-electron chi connectivity index (χ2n) is 5.93. The van der Waals surface area contributed by atoms with Crippen LogP contribution in [0.2, 0.25) is 0 Å². The lowest BCUT2D eigenvalue weighted by Crippen LogP contribution is -2.28. The Hall–Kier alpha value is -2.06. The first-order valence-electron chi connectivity index (χ1n) is 8.17. The normalized spacial score (nSPS) is 11.2. The SMILES string of the molecule is CCCCc1nc(C)c(C(=O)N(C)Cc2nc3ccsc3c(=O)[nH]2)s1. The van der Waals surface area contributed by atoms with Crippen LogP contribution in [-0.2, 0) is 13.0 Å². The van der Waals surface area contributed by atoms with Crippen molar-refractivity contribution in [3.63, 3.8) is 0 Å². The van der Waals surface area contributed by atoms with E-state index < -0.39 is 0 Å². The molecular formula is C17H20N4O2S2. The van der Waals surface area contributed by atoms with Crippen LogP contribution in [-0.4, -0.2) is 32.8 Å². The molecule has 132 valence electrons. The molecule has 0 saturated heterocycles. The van der Waals surface area contributed by atoms with Crippen molar-refractivity contribution in [3.05, 3.63) is 43.2 Å². The lowest BCUT2D eigenvalue weighted by atomic mass is 10.3. The van der Waals surface area contributed by atoms with Crippen LogP contribution < -0.4 is 5.56 Å². The molecule has 1 N–H and O–H groups in total. The molecule has 0 aromatic carbocycles. The highest BCUT2D eigenvalue weighted by Crippen LogP contribution is 2.22. The number of thiazole rings is 1. The largest absolute Gasteiger partial charge is 0.333 e. The van der Waals surface area contributed by atoms with E-state index in [1.54, 1.807) is 11.9 Å². The summed E-state index contributed by atoms with van der Waals surface area (Å²) in [6.45, 7) is 4.25. The lowest BCUT2D eigenvalue weighted by Gasteiger charge is -2.15. The maximum atomic E-state index is 12.7. The molecule has 0 radical (unpaired) electrons. The Kier molecular flexibility index (Phi) is 5.29. The summed E-state index contributed by atoms with van der Waals surface area (Å²) in [6.07, 6.45) is 3.08. The molecule has 0 atom stereocenters. The van der Waals surface area contributed by atoms with Gasteiger partial charge in [-0.25, -0.2) is 9.97 Å². The Labute approximate surface area is 153 Å². The summed E-state index contributed by atoms with van der Waals surface area (Å²) >= 11 is 2.82. The molecule has 6 nitrogen and oxygen atoms in total. The van der Waals surface area contributed by atoms with Crippen molar-refractivity contribution in [1.82, 2.24) is 19.9 Å². The number of rotatable bonds is 6. The van der Waals surface area contributed by atoms with E-state index >= 15 is 0 Å². The summed E-state index contributed by atoms with van der Waals surface area (Å²) in [5.74, 6) is 0.394. The van der Waals surface area contributed by atoms with Crippen molar-refractivity contribution in [1.29, 1.82) is 0 Å². The van der Waals surface area contributed by atoms with Crippen LogP contribution in [0, 0.1) is 6.92 Å². The van der Waals surface area contributed by atoms with Gasteiger partial charge in [-0.15, -0.1) is 22.7 Å². The van der Waals surface area contributed by atoms with Gasteiger partial charge in [0.2, 0.25) is 0 Å². The lowest BCUT2D eigenvalue weighted by molar-refractivity contribution is 0.0785. The number of nitrogens with zero attached hydrogens (tertiary/aromatic N) is 3. The monoisotopic (exact) mass is 376 g/mol. The third-order valence-electron chi connectivity index (χ3n) is 3.88. The predicted molar refractivity (Wildman–Crippen MR) is 102 cm³/mol. The first kappa shape index (κ1) is 17.8. The number of aromatic nitrogens is 3. The molecule has 0 fully saturated rings. The number of hydrogen-bond donors (Lipinski definition) is 1. The maximum absolute atomic E-state index is 12.7. The Morgan fingerprint density at radius 2 is 2.16 bits per heavy atom. The number of nitrogens with one attached hydrogen (secondary N) is 1. The predicted octanol–water partition coefficient (Wildman–Crippen LogP) is 3.36. The number of carbonyl (C=O) groups is 1. The van der Waals surface area contributed by atoms with Gasteiger partial charge in [0, 0.05) is 7.05 Å². The summed E-state index contributed by atoms with van der Waals surface area (Å²) < 4.78 is 0.608. The molecule has 3 heterocycles. The zero-order chi connectivity index (χ0) is 18.0. The van der Waals surface area contributed by atoms with E-state index in [2.05, 4.69) is 21.9 Å². The van der Waals surface area contributed by atoms with E-state index in [1.807, 2.05) is 18.4 Å². The molecule has 3 aromatic heterocycles. The van der Waals surface area contributed by atoms with E-state index in [9.17, 15) is 9.59 Å². The van der Waals surface area contributed by atoms with E-state index in [0.717, 1.165) is 30.0 Å². The van der Waals surface area contributed by atoms with Gasteiger partial charge in [-0.2, -0.15) is 0 Å². The smallest absolute Gasteiger partial charge is 0.268 e. The van der Waals surface area contributed by atoms with E-state index in [0.29, 0.717) is 20.9 Å². The Bertz CT molecular complexity index is 957. The molecule has 0 aliphatic heterocycles. The molecule has 0 aliphatic carbocycles. The van der Waals surface area contributed by atoms with Crippen LogP contribution in [0.25, 0.3) is 10.2 Å². The van der Waals surface area contributed by atoms with Crippen molar-refractivity contribution < 1.29 is 4.79 Å². The molecule has 1 amide bonds. The van der Waals surface area contributed by atoms with Crippen LogP contribution >= 0.6 is 22.7 Å². The molecule has 0 saturated carbocycles. The number of thiophene rings is 1. The fourth-order valence-electron chi connectivity index (χ4n) is 2.55. The number of H-pyrrole nitrogens is 1. The van der Waals surface area contributed by atoms with Gasteiger partial charge >= 0.3 is 0 Å². The van der Waals surface area contributed by atoms with Gasteiger partial charge in [0.05, 0.1) is 22.8 Å². The topological polar surface area (TPSA) is 79.0 Å². The minimum atomic E-state index is -0.160. The van der Waals surface area contributed by atoms with Gasteiger partial charge < -0.3 is 9.88 Å². The van der Waals surface area contributed by atoms with Crippen LogP contribution in [0.4, 0.5) is 0 Å². The number of fused-ring (bicyclic) bond motifs is 1. The van der Waals surface area contributed by atoms with Gasteiger partial charge in [0.1, 0.15) is 15.4 Å². The molecule has 0 unspecified atom stereocenters. The number of hydrogen-bond acceptors (Lipinski definition) is 6. The second-order valence-corrected chi connectivity index (χ2v) is 7.93. The maximum Gasteiger partial charge on any atom is 0.268 e. The van der Waals surface area contributed by atoms with Gasteiger partial charge in [-0.05, 0) is 31.2 Å². The molecule has 8 heteroatoms. The fraction of sp³-hybridized carbons (Fsp3) is 0.412. The van der Waals surface area contributed by atoms with Crippen LogP contribution in [0.1, 0.15) is 46.0 Å². The highest BCUT2D eigenvalue weighted by molar-refractivity contribution is 7.17. The second kappa shape index (κ2) is 7.45. The molecule has 0 bridgehead atoms. The van der Waals surface area contributed by atoms with Crippen molar-refractivity contribution in [2.24, 2.45) is 0 Å². The van der Waals surface area contributed by atoms with Crippen molar-refractivity contribution >= 4 is 38.8 Å². The van der Waals surface area contributed by atoms with Crippen molar-refractivity contribution in [2.75, 3.05) is 7.05 Å². The fourth-order valence-corrected chi connectivity index (χ4v) is 4.38. The third-order valence-corrected chi connectivity index (χ3v) is 5.98. The summed E-state index contributed by atoms with van der Waals surface area (Å²) in [4.78, 5) is 38.7. The first-order chi connectivity index (χ1) is 12.0. The van der Waals surface area contributed by atoms with Crippen molar-refractivity contribution in [3.8, 4) is 0 Å². The van der Waals surface area contributed by atoms with Gasteiger partial charge in [0.25, 0.3) is 11.5 Å². The Morgan fingerprint density at radius 3 is 2.92 bits per heavy atom. The minimum absolute atomic E-state index is 0.0918. The molecular weight excluding hydrogens is 356 g/mol. The summed E-state index contributed by atoms with van der Waals surface area (Å²) in [7, 11) is 1.71. The summed E-state index contributed by atoms with van der Waals surface area (Å²) in [6, 6.07) is 1.81. The number of unbranched alkanes of at least 4 members (excludes halogenated alkanes) is 1.